The normalized spacial score (nSPS) is 10.7. The number of amides is 2. The van der Waals surface area contributed by atoms with Crippen LogP contribution in [-0.2, 0) is 4.74 Å². The van der Waals surface area contributed by atoms with Crippen LogP contribution in [0.5, 0.6) is 11.8 Å². The number of rotatable bonds is 9. The van der Waals surface area contributed by atoms with Crippen molar-refractivity contribution in [1.29, 1.82) is 0 Å². The fraction of sp³-hybridized carbons (Fsp3) is 0.192. The van der Waals surface area contributed by atoms with Crippen molar-refractivity contribution >= 4 is 17.4 Å². The summed E-state index contributed by atoms with van der Waals surface area (Å²) < 4.78 is 31.6. The summed E-state index contributed by atoms with van der Waals surface area (Å²) in [6.45, 7) is 2.49. The van der Waals surface area contributed by atoms with Gasteiger partial charge in [-0.3, -0.25) is 0 Å². The highest BCUT2D eigenvalue weighted by molar-refractivity contribution is 5.99. The summed E-state index contributed by atoms with van der Waals surface area (Å²) in [5.74, 6) is 0.792. The first-order chi connectivity index (χ1) is 17.5. The summed E-state index contributed by atoms with van der Waals surface area (Å²) in [6, 6.07) is 18.7. The molecule has 0 aliphatic heterocycles. The van der Waals surface area contributed by atoms with Gasteiger partial charge in [0.2, 0.25) is 0 Å². The maximum Gasteiger partial charge on any atom is 0.336 e. The molecule has 1 heterocycles. The number of aromatic nitrogens is 3. The van der Waals surface area contributed by atoms with E-state index in [1.807, 2.05) is 24.3 Å². The van der Waals surface area contributed by atoms with Gasteiger partial charge in [0.05, 0.1) is 25.1 Å². The minimum Gasteiger partial charge on any atom is -0.497 e. The van der Waals surface area contributed by atoms with Crippen molar-refractivity contribution < 1.29 is 23.4 Å². The third-order valence-corrected chi connectivity index (χ3v) is 5.20. The number of benzene rings is 3. The summed E-state index contributed by atoms with van der Waals surface area (Å²) in [4.78, 5) is 16.9. The molecule has 186 valence electrons. The Kier molecular flexibility index (Phi) is 7.76. The molecule has 9 nitrogen and oxygen atoms in total. The average molecular weight is 492 g/mol. The maximum absolute atomic E-state index is 14.0. The van der Waals surface area contributed by atoms with E-state index in [4.69, 9.17) is 14.2 Å². The Bertz CT molecular complexity index is 1320. The van der Waals surface area contributed by atoms with E-state index in [1.165, 1.54) is 12.1 Å². The molecule has 10 heteroatoms. The summed E-state index contributed by atoms with van der Waals surface area (Å²) in [6.07, 6.45) is 0. The summed E-state index contributed by atoms with van der Waals surface area (Å²) in [5, 5.41) is 9.69. The van der Waals surface area contributed by atoms with Crippen molar-refractivity contribution in [3.05, 3.63) is 78.1 Å². The fourth-order valence-electron chi connectivity index (χ4n) is 3.37. The zero-order chi connectivity index (χ0) is 25.5. The first-order valence-corrected chi connectivity index (χ1v) is 11.1. The Morgan fingerprint density at radius 2 is 1.72 bits per heavy atom. The standard InChI is InChI=1S/C26H26FN5O4/c1-17-4-13-23(22(27)16-17)29-25(33)28-19-7-9-20(10-8-19)32-24(18-5-11-21(35-3)12-6-18)30-26(31-32)36-15-14-34-2/h4-13,16H,14-15H2,1-3H3,(H2,28,29,33). The van der Waals surface area contributed by atoms with Gasteiger partial charge in [-0.25, -0.2) is 13.9 Å². The molecule has 4 rings (SSSR count). The lowest BCUT2D eigenvalue weighted by Crippen LogP contribution is -2.20. The molecular weight excluding hydrogens is 465 g/mol. The smallest absolute Gasteiger partial charge is 0.336 e. The number of hydrogen-bond acceptors (Lipinski definition) is 6. The van der Waals surface area contributed by atoms with Crippen LogP contribution in [0, 0.1) is 12.7 Å². The van der Waals surface area contributed by atoms with Gasteiger partial charge in [0.1, 0.15) is 18.2 Å². The Hall–Kier alpha value is -4.44. The van der Waals surface area contributed by atoms with Crippen molar-refractivity contribution in [1.82, 2.24) is 14.8 Å². The molecule has 2 amide bonds. The van der Waals surface area contributed by atoms with E-state index in [9.17, 15) is 9.18 Å². The van der Waals surface area contributed by atoms with Crippen molar-refractivity contribution in [2.24, 2.45) is 0 Å². The second-order valence-electron chi connectivity index (χ2n) is 7.81. The molecule has 0 fully saturated rings. The molecule has 0 atom stereocenters. The third kappa shape index (κ3) is 5.97. The molecule has 0 saturated carbocycles. The van der Waals surface area contributed by atoms with E-state index in [1.54, 1.807) is 56.2 Å². The van der Waals surface area contributed by atoms with Crippen LogP contribution in [0.1, 0.15) is 5.56 Å². The van der Waals surface area contributed by atoms with E-state index in [2.05, 4.69) is 20.7 Å². The van der Waals surface area contributed by atoms with Gasteiger partial charge in [0.15, 0.2) is 5.82 Å². The minimum atomic E-state index is -0.556. The number of carbonyl (C=O) groups is 1. The van der Waals surface area contributed by atoms with Gasteiger partial charge in [0.25, 0.3) is 0 Å². The van der Waals surface area contributed by atoms with Crippen molar-refractivity contribution in [3.63, 3.8) is 0 Å². The Balaban J connectivity index is 1.53. The van der Waals surface area contributed by atoms with Crippen LogP contribution >= 0.6 is 0 Å². The number of nitrogens with one attached hydrogen (secondary N) is 2. The number of nitrogens with zero attached hydrogens (tertiary/aromatic N) is 3. The van der Waals surface area contributed by atoms with E-state index in [-0.39, 0.29) is 11.7 Å². The lowest BCUT2D eigenvalue weighted by atomic mass is 10.2. The molecule has 1 aromatic heterocycles. The average Bonchev–Trinajstić information content (AvgIpc) is 3.30. The van der Waals surface area contributed by atoms with Gasteiger partial charge in [0, 0.05) is 18.4 Å². The largest absolute Gasteiger partial charge is 0.497 e. The molecular formula is C26H26FN5O4. The van der Waals surface area contributed by atoms with Crippen molar-refractivity contribution in [3.8, 4) is 28.8 Å². The quantitative estimate of drug-likeness (QED) is 0.318. The molecule has 3 aromatic carbocycles. The molecule has 0 spiro atoms. The number of methoxy groups -OCH3 is 2. The van der Waals surface area contributed by atoms with Crippen LogP contribution in [-0.4, -0.2) is 48.2 Å². The zero-order valence-corrected chi connectivity index (χ0v) is 20.1. The predicted octanol–water partition coefficient (Wildman–Crippen LogP) is 5.06. The minimum absolute atomic E-state index is 0.0995. The third-order valence-electron chi connectivity index (χ3n) is 5.20. The lowest BCUT2D eigenvalue weighted by molar-refractivity contribution is 0.141. The van der Waals surface area contributed by atoms with Crippen molar-refractivity contribution in [2.45, 2.75) is 6.92 Å². The van der Waals surface area contributed by atoms with Crippen LogP contribution < -0.4 is 20.1 Å². The van der Waals surface area contributed by atoms with Crippen LogP contribution in [0.25, 0.3) is 17.1 Å². The van der Waals surface area contributed by atoms with Crippen LogP contribution in [0.3, 0.4) is 0 Å². The molecule has 0 saturated heterocycles. The molecule has 4 aromatic rings. The first kappa shape index (κ1) is 24.7. The number of urea groups is 1. The molecule has 0 aliphatic rings. The second kappa shape index (κ2) is 11.3. The number of halogens is 1. The van der Waals surface area contributed by atoms with Crippen LogP contribution in [0.4, 0.5) is 20.6 Å². The fourth-order valence-corrected chi connectivity index (χ4v) is 3.37. The lowest BCUT2D eigenvalue weighted by Gasteiger charge is -2.10. The van der Waals surface area contributed by atoms with Gasteiger partial charge in [-0.15, -0.1) is 5.10 Å². The van der Waals surface area contributed by atoms with Gasteiger partial charge >= 0.3 is 12.0 Å². The highest BCUT2D eigenvalue weighted by Gasteiger charge is 2.15. The summed E-state index contributed by atoms with van der Waals surface area (Å²) in [5.41, 5.74) is 2.90. The first-order valence-electron chi connectivity index (χ1n) is 11.1. The maximum atomic E-state index is 14.0. The van der Waals surface area contributed by atoms with E-state index < -0.39 is 11.8 Å². The summed E-state index contributed by atoms with van der Waals surface area (Å²) in [7, 11) is 3.19. The molecule has 0 bridgehead atoms. The number of aryl methyl sites for hydroxylation is 1. The molecule has 2 N–H and O–H groups in total. The number of ether oxygens (including phenoxy) is 3. The Morgan fingerprint density at radius 1 is 0.972 bits per heavy atom. The molecule has 0 radical (unpaired) electrons. The highest BCUT2D eigenvalue weighted by atomic mass is 19.1. The van der Waals surface area contributed by atoms with E-state index in [0.29, 0.717) is 30.4 Å². The molecule has 36 heavy (non-hydrogen) atoms. The molecule has 0 unspecified atom stereocenters. The topological polar surface area (TPSA) is 99.5 Å². The van der Waals surface area contributed by atoms with Crippen LogP contribution in [0.15, 0.2) is 66.7 Å². The molecule has 0 aliphatic carbocycles. The summed E-state index contributed by atoms with van der Waals surface area (Å²) >= 11 is 0. The SMILES string of the molecule is COCCOc1nc(-c2ccc(OC)cc2)n(-c2ccc(NC(=O)Nc3ccc(C)cc3F)cc2)n1. The van der Waals surface area contributed by atoms with Gasteiger partial charge in [-0.1, -0.05) is 6.07 Å². The Labute approximate surface area is 207 Å². The second-order valence-corrected chi connectivity index (χ2v) is 7.81. The van der Waals surface area contributed by atoms with Crippen molar-refractivity contribution in [2.75, 3.05) is 38.1 Å². The number of anilines is 2. The van der Waals surface area contributed by atoms with Gasteiger partial charge in [-0.05, 0) is 73.2 Å². The van der Waals surface area contributed by atoms with Gasteiger partial charge in [-0.2, -0.15) is 4.98 Å². The zero-order valence-electron chi connectivity index (χ0n) is 20.1. The monoisotopic (exact) mass is 491 g/mol. The highest BCUT2D eigenvalue weighted by Crippen LogP contribution is 2.26. The predicted molar refractivity (Wildman–Crippen MR) is 134 cm³/mol. The van der Waals surface area contributed by atoms with Gasteiger partial charge < -0.3 is 24.8 Å². The van der Waals surface area contributed by atoms with E-state index >= 15 is 0 Å². The number of hydrogen-bond donors (Lipinski definition) is 2. The van der Waals surface area contributed by atoms with Crippen LogP contribution in [0.2, 0.25) is 0 Å². The van der Waals surface area contributed by atoms with E-state index in [0.717, 1.165) is 16.9 Å². The Morgan fingerprint density at radius 3 is 2.39 bits per heavy atom. The number of carbonyl (C=O) groups excluding carboxylic acids is 1.